The maximum Gasteiger partial charge on any atom is 0.490 e. The molecule has 0 aliphatic rings. The fraction of sp³-hybridized carbons (Fsp3) is 0.537. The standard InChI is InChI=1S/C39H59N7O6.C2HF3O2/c1-25(2)22-31(44-35(49)29(42-26(3)47)20-14-15-21-41-7)37(51)46-33(39(4,5)6)38(52)45-32(24-28-18-12-9-13-19-28)36(50)43-30(34(40)48)23-27-16-10-8-11-17-27;3-2(4,5)1(6)7/h8-13,16-19,25,29-33,41H,14-15,20-24H2,1-7H3,(H2,40,48)(H,42,47)(H,43,50)(H,44,49)(H,45,52)(H,46,51);(H,6,7). The number of primary amides is 1. The monoisotopic (exact) mass is 835 g/mol. The number of amides is 6. The zero-order valence-electron chi connectivity index (χ0n) is 34.7. The van der Waals surface area contributed by atoms with Gasteiger partial charge in [-0.25, -0.2) is 4.79 Å². The molecule has 0 radical (unpaired) electrons. The summed E-state index contributed by atoms with van der Waals surface area (Å²) in [6.07, 6.45) is -2.67. The number of hydrogen-bond donors (Lipinski definition) is 8. The molecule has 0 aliphatic heterocycles. The van der Waals surface area contributed by atoms with E-state index in [-0.39, 0.29) is 31.1 Å². The fourth-order valence-corrected chi connectivity index (χ4v) is 5.72. The number of nitrogens with one attached hydrogen (secondary N) is 6. The molecule has 0 bridgehead atoms. The van der Waals surface area contributed by atoms with Crippen LogP contribution in [-0.4, -0.2) is 96.5 Å². The molecule has 5 unspecified atom stereocenters. The summed E-state index contributed by atoms with van der Waals surface area (Å²) in [6, 6.07) is 13.1. The lowest BCUT2D eigenvalue weighted by atomic mass is 9.85. The lowest BCUT2D eigenvalue weighted by Gasteiger charge is -2.33. The van der Waals surface area contributed by atoms with Crippen LogP contribution < -0.4 is 37.6 Å². The summed E-state index contributed by atoms with van der Waals surface area (Å²) in [5, 5.41) is 24.1. The van der Waals surface area contributed by atoms with Crippen LogP contribution in [0.25, 0.3) is 0 Å². The molecule has 0 fully saturated rings. The first-order valence-electron chi connectivity index (χ1n) is 19.3. The first kappa shape index (κ1) is 51.5. The minimum atomic E-state index is -5.08. The van der Waals surface area contributed by atoms with Crippen molar-refractivity contribution in [3.05, 3.63) is 71.8 Å². The summed E-state index contributed by atoms with van der Waals surface area (Å²) in [7, 11) is 1.84. The van der Waals surface area contributed by atoms with Gasteiger partial charge in [-0.15, -0.1) is 0 Å². The Kier molecular flexibility index (Phi) is 21.9. The molecular formula is C41H60F3N7O8. The lowest BCUT2D eigenvalue weighted by Crippen LogP contribution is -2.62. The van der Waals surface area contributed by atoms with Crippen LogP contribution in [0.2, 0.25) is 0 Å². The van der Waals surface area contributed by atoms with Crippen LogP contribution >= 0.6 is 0 Å². The average Bonchev–Trinajstić information content (AvgIpc) is 3.13. The molecule has 0 spiro atoms. The lowest BCUT2D eigenvalue weighted by molar-refractivity contribution is -0.192. The first-order chi connectivity index (χ1) is 27.5. The Balaban J connectivity index is 0.00000227. The van der Waals surface area contributed by atoms with E-state index in [2.05, 4.69) is 31.9 Å². The van der Waals surface area contributed by atoms with Gasteiger partial charge in [-0.05, 0) is 61.7 Å². The number of carbonyl (C=O) groups is 7. The first-order valence-corrected chi connectivity index (χ1v) is 19.3. The predicted octanol–water partition coefficient (Wildman–Crippen LogP) is 2.52. The second-order valence-electron chi connectivity index (χ2n) is 15.6. The van der Waals surface area contributed by atoms with Crippen molar-refractivity contribution < 1.29 is 51.8 Å². The molecule has 2 aromatic carbocycles. The van der Waals surface area contributed by atoms with Crippen LogP contribution in [0, 0.1) is 11.3 Å². The molecule has 9 N–H and O–H groups in total. The Bertz CT molecular complexity index is 1670. The maximum atomic E-state index is 14.1. The van der Waals surface area contributed by atoms with Gasteiger partial charge in [0.25, 0.3) is 0 Å². The summed E-state index contributed by atoms with van der Waals surface area (Å²) in [6.45, 7) is 11.3. The highest BCUT2D eigenvalue weighted by Crippen LogP contribution is 2.21. The van der Waals surface area contributed by atoms with Crippen molar-refractivity contribution in [2.24, 2.45) is 17.1 Å². The van der Waals surface area contributed by atoms with E-state index in [1.54, 1.807) is 20.8 Å². The highest BCUT2D eigenvalue weighted by Gasteiger charge is 2.39. The molecular weight excluding hydrogens is 775 g/mol. The van der Waals surface area contributed by atoms with Crippen LogP contribution in [0.1, 0.15) is 78.4 Å². The summed E-state index contributed by atoms with van der Waals surface area (Å²) >= 11 is 0. The van der Waals surface area contributed by atoms with Crippen molar-refractivity contribution >= 4 is 41.4 Å². The number of unbranched alkanes of at least 4 members (excludes halogenated alkanes) is 1. The number of carboxylic acids is 1. The number of carboxylic acid groups (broad SMARTS) is 1. The van der Waals surface area contributed by atoms with Crippen LogP contribution in [-0.2, 0) is 46.4 Å². The highest BCUT2D eigenvalue weighted by molar-refractivity contribution is 5.96. The molecule has 2 rings (SSSR count). The van der Waals surface area contributed by atoms with Gasteiger partial charge in [-0.3, -0.25) is 28.8 Å². The van der Waals surface area contributed by atoms with Crippen LogP contribution in [0.4, 0.5) is 13.2 Å². The van der Waals surface area contributed by atoms with Crippen molar-refractivity contribution in [3.8, 4) is 0 Å². The number of benzene rings is 2. The largest absolute Gasteiger partial charge is 0.490 e. The van der Waals surface area contributed by atoms with Crippen LogP contribution in [0.3, 0.4) is 0 Å². The number of nitrogens with two attached hydrogens (primary N) is 1. The molecule has 6 amide bonds. The molecule has 59 heavy (non-hydrogen) atoms. The molecule has 15 nitrogen and oxygen atoms in total. The number of carbonyl (C=O) groups excluding carboxylic acids is 6. The van der Waals surface area contributed by atoms with E-state index in [1.165, 1.54) is 6.92 Å². The zero-order valence-corrected chi connectivity index (χ0v) is 34.7. The Morgan fingerprint density at radius 2 is 1.10 bits per heavy atom. The Morgan fingerprint density at radius 3 is 1.53 bits per heavy atom. The molecule has 0 heterocycles. The third-order valence-electron chi connectivity index (χ3n) is 8.72. The van der Waals surface area contributed by atoms with Crippen molar-refractivity contribution in [3.63, 3.8) is 0 Å². The van der Waals surface area contributed by atoms with Gasteiger partial charge < -0.3 is 42.7 Å². The smallest absolute Gasteiger partial charge is 0.475 e. The third-order valence-corrected chi connectivity index (χ3v) is 8.72. The van der Waals surface area contributed by atoms with E-state index in [9.17, 15) is 41.9 Å². The van der Waals surface area contributed by atoms with Crippen molar-refractivity contribution in [2.75, 3.05) is 13.6 Å². The molecule has 18 heteroatoms. The van der Waals surface area contributed by atoms with E-state index in [0.717, 1.165) is 24.1 Å². The third kappa shape index (κ3) is 20.6. The second kappa shape index (κ2) is 25.1. The quantitative estimate of drug-likeness (QED) is 0.0862. The molecule has 0 aromatic heterocycles. The summed E-state index contributed by atoms with van der Waals surface area (Å²) < 4.78 is 31.7. The van der Waals surface area contributed by atoms with Crippen LogP contribution in [0.15, 0.2) is 60.7 Å². The normalized spacial score (nSPS) is 13.9. The number of aliphatic carboxylic acids is 1. The van der Waals surface area contributed by atoms with E-state index < -0.39 is 77.3 Å². The van der Waals surface area contributed by atoms with E-state index >= 15 is 0 Å². The molecule has 0 saturated heterocycles. The van der Waals surface area contributed by atoms with Gasteiger partial charge >= 0.3 is 12.1 Å². The summed E-state index contributed by atoms with van der Waals surface area (Å²) in [4.78, 5) is 88.4. The minimum Gasteiger partial charge on any atom is -0.475 e. The van der Waals surface area contributed by atoms with Gasteiger partial charge in [-0.2, -0.15) is 13.2 Å². The molecule has 0 saturated carbocycles. The van der Waals surface area contributed by atoms with E-state index in [1.807, 2.05) is 81.6 Å². The molecule has 5 atom stereocenters. The van der Waals surface area contributed by atoms with Gasteiger partial charge in [-0.1, -0.05) is 95.3 Å². The predicted molar refractivity (Wildman–Crippen MR) is 215 cm³/mol. The topological polar surface area (TPSA) is 238 Å². The van der Waals surface area contributed by atoms with Gasteiger partial charge in [0, 0.05) is 19.8 Å². The SMILES string of the molecule is CNCCCCC(NC(C)=O)C(=O)NC(CC(C)C)C(=O)NC(C(=O)NC(Cc1ccccc1)C(=O)NC(Cc1ccccc1)C(N)=O)C(C)(C)C.O=C(O)C(F)(F)F. The molecule has 328 valence electrons. The Labute approximate surface area is 343 Å². The Hall–Kier alpha value is -5.52. The van der Waals surface area contributed by atoms with E-state index in [0.29, 0.717) is 12.8 Å². The number of alkyl halides is 3. The summed E-state index contributed by atoms with van der Waals surface area (Å²) in [5.41, 5.74) is 6.42. The van der Waals surface area contributed by atoms with Crippen LogP contribution in [0.5, 0.6) is 0 Å². The minimum absolute atomic E-state index is 0.000782. The van der Waals surface area contributed by atoms with Gasteiger partial charge in [0.1, 0.15) is 30.2 Å². The van der Waals surface area contributed by atoms with Crippen molar-refractivity contribution in [1.82, 2.24) is 31.9 Å². The van der Waals surface area contributed by atoms with Crippen molar-refractivity contribution in [2.45, 2.75) is 116 Å². The van der Waals surface area contributed by atoms with Crippen molar-refractivity contribution in [1.29, 1.82) is 0 Å². The highest BCUT2D eigenvalue weighted by atomic mass is 19.4. The Morgan fingerprint density at radius 1 is 0.661 bits per heavy atom. The summed E-state index contributed by atoms with van der Waals surface area (Å²) in [5.74, 6) is -6.14. The second-order valence-corrected chi connectivity index (χ2v) is 15.6. The van der Waals surface area contributed by atoms with E-state index in [4.69, 9.17) is 15.6 Å². The van der Waals surface area contributed by atoms with Gasteiger partial charge in [0.15, 0.2) is 0 Å². The van der Waals surface area contributed by atoms with Gasteiger partial charge in [0.05, 0.1) is 0 Å². The zero-order chi connectivity index (χ0) is 44.9. The molecule has 0 aliphatic carbocycles. The average molecular weight is 836 g/mol. The fourth-order valence-electron chi connectivity index (χ4n) is 5.72. The molecule has 2 aromatic rings. The maximum absolute atomic E-state index is 14.1. The number of halogens is 3. The van der Waals surface area contributed by atoms with Gasteiger partial charge in [0.2, 0.25) is 35.4 Å². The number of hydrogen-bond acceptors (Lipinski definition) is 8. The number of rotatable bonds is 21.